The molecule has 0 aromatic heterocycles. The van der Waals surface area contributed by atoms with Gasteiger partial charge in [-0.15, -0.1) is 0 Å². The molecule has 0 aliphatic carbocycles. The Kier molecular flexibility index (Phi) is 53.2. The first-order chi connectivity index (χ1) is 28.6. The second-order valence-corrected chi connectivity index (χ2v) is 18.0. The Morgan fingerprint density at radius 1 is 0.483 bits per heavy atom. The van der Waals surface area contributed by atoms with E-state index in [4.69, 9.17) is 19.4 Å². The number of nitrogens with zero attached hydrogens (tertiary/aromatic N) is 1. The number of aldehydes is 1. The van der Waals surface area contributed by atoms with Crippen molar-refractivity contribution in [2.24, 2.45) is 17.8 Å². The van der Waals surface area contributed by atoms with Gasteiger partial charge in [0.25, 0.3) is 6.47 Å². The van der Waals surface area contributed by atoms with Crippen LogP contribution in [0.4, 0.5) is 0 Å². The highest BCUT2D eigenvalue weighted by Gasteiger charge is 2.15. The summed E-state index contributed by atoms with van der Waals surface area (Å²) in [5.74, 6) is 2.85. The zero-order valence-electron chi connectivity index (χ0n) is 40.1. The van der Waals surface area contributed by atoms with Crippen molar-refractivity contribution in [3.63, 3.8) is 0 Å². The maximum Gasteiger partial charge on any atom is 0.290 e. The molecule has 1 atom stereocenters. The number of unbranched alkanes of at least 4 members (excludes halogenated alkanes) is 21. The molecule has 0 aromatic rings. The lowest BCUT2D eigenvalue weighted by Gasteiger charge is -2.28. The van der Waals surface area contributed by atoms with Crippen LogP contribution in [-0.2, 0) is 19.1 Å². The summed E-state index contributed by atoms with van der Waals surface area (Å²) in [5, 5.41) is 6.89. The molecule has 1 fully saturated rings. The maximum absolute atomic E-state index is 10.5. The van der Waals surface area contributed by atoms with Gasteiger partial charge in [-0.1, -0.05) is 233 Å². The molecule has 1 unspecified atom stereocenters. The lowest BCUT2D eigenvalue weighted by atomic mass is 9.90. The molecule has 0 amide bonds. The fourth-order valence-corrected chi connectivity index (χ4v) is 8.80. The summed E-state index contributed by atoms with van der Waals surface area (Å²) in [5.41, 5.74) is 0. The molecule has 1 rings (SSSR count). The van der Waals surface area contributed by atoms with Gasteiger partial charge in [-0.3, -0.25) is 9.69 Å². The lowest BCUT2D eigenvalue weighted by Crippen LogP contribution is -2.37. The second-order valence-electron chi connectivity index (χ2n) is 18.0. The van der Waals surface area contributed by atoms with Crippen LogP contribution in [-0.4, -0.2) is 69.3 Å². The Balaban J connectivity index is 0. The monoisotopic (exact) mass is 824 g/mol. The van der Waals surface area contributed by atoms with E-state index in [1.165, 1.54) is 225 Å². The van der Waals surface area contributed by atoms with Crippen molar-refractivity contribution in [2.45, 2.75) is 259 Å². The number of hydrogen-bond acceptors (Lipinski definition) is 5. The topological polar surface area (TPSA) is 76.1 Å². The largest absolute Gasteiger partial charge is 0.483 e. The first-order valence-electron chi connectivity index (χ1n) is 25.9. The normalized spacial score (nSPS) is 13.6. The molecule has 0 aromatic carbocycles. The maximum atomic E-state index is 10.5. The van der Waals surface area contributed by atoms with Crippen LogP contribution in [0.1, 0.15) is 259 Å². The quantitative estimate of drug-likeness (QED) is 0.0488. The molecule has 348 valence electrons. The van der Waals surface area contributed by atoms with Crippen LogP contribution in [0.2, 0.25) is 0 Å². The Morgan fingerprint density at radius 3 is 1.14 bits per heavy atom. The second kappa shape index (κ2) is 52.2. The van der Waals surface area contributed by atoms with Crippen molar-refractivity contribution >= 4 is 12.8 Å². The number of hydrogen-bond donors (Lipinski definition) is 1. The molecular formula is C52H105NO5. The lowest BCUT2D eigenvalue weighted by molar-refractivity contribution is -0.122. The van der Waals surface area contributed by atoms with Crippen molar-refractivity contribution in [1.82, 2.24) is 4.90 Å². The van der Waals surface area contributed by atoms with Crippen LogP contribution in [0.3, 0.4) is 0 Å². The van der Waals surface area contributed by atoms with Gasteiger partial charge in [-0.25, -0.2) is 0 Å². The Bertz CT molecular complexity index is 740. The van der Waals surface area contributed by atoms with E-state index in [2.05, 4.69) is 32.6 Å². The highest BCUT2D eigenvalue weighted by atomic mass is 16.5. The van der Waals surface area contributed by atoms with E-state index in [0.717, 1.165) is 69.8 Å². The summed E-state index contributed by atoms with van der Waals surface area (Å²) in [6.07, 6.45) is 50.9. The minimum atomic E-state index is -0.250. The van der Waals surface area contributed by atoms with E-state index in [0.29, 0.717) is 0 Å². The molecule has 1 saturated heterocycles. The highest BCUT2D eigenvalue weighted by molar-refractivity contribution is 5.48. The number of methoxy groups -OCH3 is 1. The van der Waals surface area contributed by atoms with E-state index < -0.39 is 0 Å². The number of carbonyl (C=O) groups is 2. The van der Waals surface area contributed by atoms with Crippen LogP contribution < -0.4 is 0 Å². The zero-order chi connectivity index (χ0) is 42.8. The molecular weight excluding hydrogens is 719 g/mol. The number of carboxylic acid groups (broad SMARTS) is 1. The van der Waals surface area contributed by atoms with Crippen molar-refractivity contribution in [3.8, 4) is 0 Å². The molecule has 6 nitrogen and oxygen atoms in total. The first-order valence-corrected chi connectivity index (χ1v) is 25.9. The van der Waals surface area contributed by atoms with Crippen LogP contribution in [0.15, 0.2) is 0 Å². The third kappa shape index (κ3) is 46.1. The summed E-state index contributed by atoms with van der Waals surface area (Å²) >= 11 is 0. The van der Waals surface area contributed by atoms with Crippen LogP contribution >= 0.6 is 0 Å². The summed E-state index contributed by atoms with van der Waals surface area (Å²) in [4.78, 5) is 21.5. The fraction of sp³-hybridized carbons (Fsp3) is 0.962. The highest BCUT2D eigenvalue weighted by Crippen LogP contribution is 2.26. The average molecular weight is 824 g/mol. The van der Waals surface area contributed by atoms with E-state index >= 15 is 0 Å². The number of carbonyl (C=O) groups excluding carboxylic acids is 1. The molecule has 1 heterocycles. The van der Waals surface area contributed by atoms with E-state index in [-0.39, 0.29) is 6.47 Å². The molecule has 1 aliphatic heterocycles. The van der Waals surface area contributed by atoms with Gasteiger partial charge in [0.2, 0.25) is 0 Å². The van der Waals surface area contributed by atoms with Gasteiger partial charge in [-0.05, 0) is 43.6 Å². The molecule has 0 spiro atoms. The van der Waals surface area contributed by atoms with Crippen molar-refractivity contribution < 1.29 is 24.2 Å². The molecule has 1 aliphatic rings. The number of rotatable bonds is 42. The van der Waals surface area contributed by atoms with Crippen LogP contribution in [0.25, 0.3) is 0 Å². The smallest absolute Gasteiger partial charge is 0.290 e. The van der Waals surface area contributed by atoms with Gasteiger partial charge in [0, 0.05) is 33.2 Å². The van der Waals surface area contributed by atoms with Gasteiger partial charge in [-0.2, -0.15) is 0 Å². The molecule has 0 saturated carbocycles. The zero-order valence-corrected chi connectivity index (χ0v) is 40.1. The minimum Gasteiger partial charge on any atom is -0.483 e. The van der Waals surface area contributed by atoms with Crippen LogP contribution in [0.5, 0.6) is 0 Å². The minimum absolute atomic E-state index is 0.250. The van der Waals surface area contributed by atoms with E-state index in [1.807, 2.05) is 7.11 Å². The van der Waals surface area contributed by atoms with Gasteiger partial charge < -0.3 is 19.4 Å². The third-order valence-electron chi connectivity index (χ3n) is 12.7. The van der Waals surface area contributed by atoms with Crippen molar-refractivity contribution in [1.29, 1.82) is 0 Å². The Hall–Kier alpha value is -0.980. The molecule has 1 N–H and O–H groups in total. The van der Waals surface area contributed by atoms with Crippen molar-refractivity contribution in [3.05, 3.63) is 0 Å². The predicted octanol–water partition coefficient (Wildman–Crippen LogP) is 15.8. The summed E-state index contributed by atoms with van der Waals surface area (Å²) in [7, 11) is 1.81. The molecule has 0 bridgehead atoms. The Morgan fingerprint density at radius 2 is 0.793 bits per heavy atom. The van der Waals surface area contributed by atoms with Gasteiger partial charge in [0.05, 0.1) is 13.2 Å². The van der Waals surface area contributed by atoms with Gasteiger partial charge in [0.15, 0.2) is 0 Å². The van der Waals surface area contributed by atoms with Crippen molar-refractivity contribution in [2.75, 3.05) is 46.6 Å². The summed E-state index contributed by atoms with van der Waals surface area (Å²) in [6, 6.07) is 0. The Labute approximate surface area is 363 Å². The molecule has 0 radical (unpaired) electrons. The number of morpholine rings is 1. The third-order valence-corrected chi connectivity index (χ3v) is 12.7. The predicted molar refractivity (Wildman–Crippen MR) is 253 cm³/mol. The van der Waals surface area contributed by atoms with Gasteiger partial charge >= 0.3 is 0 Å². The first kappa shape index (κ1) is 59.1. The summed E-state index contributed by atoms with van der Waals surface area (Å²) in [6.45, 7) is 15.3. The van der Waals surface area contributed by atoms with Gasteiger partial charge in [0.1, 0.15) is 6.29 Å². The molecule has 58 heavy (non-hydrogen) atoms. The fourth-order valence-electron chi connectivity index (χ4n) is 8.80. The number of ether oxygens (including phenoxy) is 2. The standard InChI is InChI=1S/C37H73NO2.C14H30O.CH2O2/c1-3-5-18-24-36(25-19-6-4-2)26-20-14-10-7-8-11-15-21-27-37(29-30-38-31-34-40-35-32-38)28-22-16-12-9-13-17-23-33-39;1-4-6-8-10-14(12-13-15-3)11-9-7-5-2;2-1-3/h33,36-37H,3-32,34-35H2,1-2H3;14H,4-13H2,1-3H3;1H,(H,2,3). The molecule has 6 heteroatoms. The average Bonchev–Trinajstić information content (AvgIpc) is 3.24. The van der Waals surface area contributed by atoms with E-state index in [1.54, 1.807) is 0 Å². The summed E-state index contributed by atoms with van der Waals surface area (Å²) < 4.78 is 10.7. The van der Waals surface area contributed by atoms with Crippen LogP contribution in [0, 0.1) is 17.8 Å². The van der Waals surface area contributed by atoms with E-state index in [9.17, 15) is 4.79 Å². The SMILES string of the molecule is CCCCCC(CCCCC)CCCCCCCCCCC(CCCCCCCCC=O)CCN1CCOCC1.CCCCCC(CCCCC)CCOC.O=CO.